The van der Waals surface area contributed by atoms with Crippen LogP contribution in [-0.4, -0.2) is 55.4 Å². The van der Waals surface area contributed by atoms with Crippen molar-refractivity contribution in [3.8, 4) is 0 Å². The van der Waals surface area contributed by atoms with E-state index in [-0.39, 0.29) is 12.8 Å². The van der Waals surface area contributed by atoms with Crippen LogP contribution >= 0.6 is 0 Å². The van der Waals surface area contributed by atoms with Crippen molar-refractivity contribution in [3.63, 3.8) is 0 Å². The SMILES string of the molecule is CC(C)(C)N(C(=O)c1ccc([N+](=O)[O-])cc1C(=O)O)[C@H](CCC(N)=O)C(=O)O. The molecular formula is C17H21N3O8. The summed E-state index contributed by atoms with van der Waals surface area (Å²) >= 11 is 0. The summed E-state index contributed by atoms with van der Waals surface area (Å²) in [5.41, 5.74) is 2.43. The fraction of sp³-hybridized carbons (Fsp3) is 0.412. The lowest BCUT2D eigenvalue weighted by atomic mass is 9.96. The highest BCUT2D eigenvalue weighted by atomic mass is 16.6. The van der Waals surface area contributed by atoms with Gasteiger partial charge in [-0.25, -0.2) is 9.59 Å². The Balaban J connectivity index is 3.53. The van der Waals surface area contributed by atoms with Crippen LogP contribution in [0.3, 0.4) is 0 Å². The largest absolute Gasteiger partial charge is 0.480 e. The zero-order valence-corrected chi connectivity index (χ0v) is 15.5. The first-order valence-corrected chi connectivity index (χ1v) is 8.14. The van der Waals surface area contributed by atoms with E-state index in [9.17, 15) is 39.5 Å². The van der Waals surface area contributed by atoms with E-state index in [0.717, 1.165) is 23.1 Å². The summed E-state index contributed by atoms with van der Waals surface area (Å²) in [6, 6.07) is 1.20. The number of carboxylic acid groups (broad SMARTS) is 2. The molecule has 0 aliphatic carbocycles. The lowest BCUT2D eigenvalue weighted by molar-refractivity contribution is -0.384. The van der Waals surface area contributed by atoms with Gasteiger partial charge in [0.25, 0.3) is 11.6 Å². The average molecular weight is 395 g/mol. The van der Waals surface area contributed by atoms with Crippen molar-refractivity contribution >= 4 is 29.4 Å². The van der Waals surface area contributed by atoms with E-state index in [0.29, 0.717) is 0 Å². The molecule has 4 N–H and O–H groups in total. The number of aromatic carboxylic acids is 1. The van der Waals surface area contributed by atoms with Crippen molar-refractivity contribution in [2.24, 2.45) is 5.73 Å². The first kappa shape index (κ1) is 22.5. The van der Waals surface area contributed by atoms with E-state index in [4.69, 9.17) is 5.73 Å². The molecule has 11 nitrogen and oxygen atoms in total. The zero-order chi connectivity index (χ0) is 21.8. The van der Waals surface area contributed by atoms with Crippen LogP contribution in [0.25, 0.3) is 0 Å². The number of hydrogen-bond acceptors (Lipinski definition) is 6. The molecule has 0 radical (unpaired) electrons. The van der Waals surface area contributed by atoms with Crippen LogP contribution in [0.4, 0.5) is 5.69 Å². The summed E-state index contributed by atoms with van der Waals surface area (Å²) in [5.74, 6) is -4.68. The van der Waals surface area contributed by atoms with Crippen molar-refractivity contribution in [3.05, 3.63) is 39.4 Å². The zero-order valence-electron chi connectivity index (χ0n) is 15.5. The number of benzene rings is 1. The molecule has 0 heterocycles. The van der Waals surface area contributed by atoms with E-state index in [2.05, 4.69) is 0 Å². The van der Waals surface area contributed by atoms with Crippen molar-refractivity contribution in [1.29, 1.82) is 0 Å². The van der Waals surface area contributed by atoms with Crippen LogP contribution in [-0.2, 0) is 9.59 Å². The molecule has 0 spiro atoms. The Labute approximate surface area is 159 Å². The van der Waals surface area contributed by atoms with Crippen LogP contribution in [0.1, 0.15) is 54.3 Å². The molecule has 0 aromatic heterocycles. The first-order chi connectivity index (χ1) is 12.8. The number of nitro groups is 1. The highest BCUT2D eigenvalue weighted by Gasteiger charge is 2.39. The number of rotatable bonds is 8. The van der Waals surface area contributed by atoms with Gasteiger partial charge in [0, 0.05) is 24.1 Å². The van der Waals surface area contributed by atoms with Crippen molar-refractivity contribution in [2.45, 2.75) is 45.2 Å². The minimum absolute atomic E-state index is 0.275. The monoisotopic (exact) mass is 395 g/mol. The third-order valence-electron chi connectivity index (χ3n) is 3.88. The second-order valence-electron chi connectivity index (χ2n) is 7.00. The van der Waals surface area contributed by atoms with Crippen LogP contribution in [0, 0.1) is 10.1 Å². The number of amides is 2. The van der Waals surface area contributed by atoms with Gasteiger partial charge >= 0.3 is 11.9 Å². The van der Waals surface area contributed by atoms with Crippen molar-refractivity contribution in [1.82, 2.24) is 4.90 Å². The van der Waals surface area contributed by atoms with Crippen LogP contribution in [0.15, 0.2) is 18.2 Å². The van der Waals surface area contributed by atoms with Gasteiger partial charge in [0.2, 0.25) is 5.91 Å². The Kier molecular flexibility index (Phi) is 6.81. The summed E-state index contributed by atoms with van der Waals surface area (Å²) in [6.07, 6.45) is -0.577. The number of primary amides is 1. The molecule has 1 atom stereocenters. The highest BCUT2D eigenvalue weighted by Crippen LogP contribution is 2.27. The predicted octanol–water partition coefficient (Wildman–Crippen LogP) is 1.25. The maximum Gasteiger partial charge on any atom is 0.336 e. The maximum absolute atomic E-state index is 13.1. The second-order valence-corrected chi connectivity index (χ2v) is 7.00. The quantitative estimate of drug-likeness (QED) is 0.434. The topological polar surface area (TPSA) is 181 Å². The molecule has 1 aromatic rings. The third kappa shape index (κ3) is 5.25. The van der Waals surface area contributed by atoms with E-state index < -0.39 is 57.1 Å². The Morgan fingerprint density at radius 3 is 2.14 bits per heavy atom. The average Bonchev–Trinajstić information content (AvgIpc) is 2.55. The fourth-order valence-electron chi connectivity index (χ4n) is 2.69. The maximum atomic E-state index is 13.1. The van der Waals surface area contributed by atoms with Gasteiger partial charge in [0.15, 0.2) is 0 Å². The normalized spacial score (nSPS) is 12.1. The summed E-state index contributed by atoms with van der Waals surface area (Å²) in [4.78, 5) is 58.5. The summed E-state index contributed by atoms with van der Waals surface area (Å²) in [6.45, 7) is 4.62. The van der Waals surface area contributed by atoms with Gasteiger partial charge < -0.3 is 20.8 Å². The lowest BCUT2D eigenvalue weighted by Gasteiger charge is -2.40. The number of nitrogens with two attached hydrogens (primary N) is 1. The molecule has 0 aliphatic heterocycles. The molecule has 1 aromatic carbocycles. The number of aliphatic carboxylic acids is 1. The van der Waals surface area contributed by atoms with E-state index >= 15 is 0 Å². The van der Waals surface area contributed by atoms with Crippen molar-refractivity contribution in [2.75, 3.05) is 0 Å². The molecule has 0 bridgehead atoms. The Hall–Kier alpha value is -3.50. The molecule has 2 amide bonds. The molecule has 0 saturated carbocycles. The van der Waals surface area contributed by atoms with Crippen LogP contribution in [0.2, 0.25) is 0 Å². The Bertz CT molecular complexity index is 828. The molecule has 152 valence electrons. The molecular weight excluding hydrogens is 374 g/mol. The molecule has 0 unspecified atom stereocenters. The smallest absolute Gasteiger partial charge is 0.336 e. The Morgan fingerprint density at radius 2 is 1.75 bits per heavy atom. The number of carbonyl (C=O) groups excluding carboxylic acids is 2. The molecule has 11 heteroatoms. The van der Waals surface area contributed by atoms with Gasteiger partial charge in [0.1, 0.15) is 6.04 Å². The number of hydrogen-bond donors (Lipinski definition) is 3. The summed E-state index contributed by atoms with van der Waals surface area (Å²) in [7, 11) is 0. The van der Waals surface area contributed by atoms with E-state index in [1.54, 1.807) is 0 Å². The lowest BCUT2D eigenvalue weighted by Crippen LogP contribution is -2.55. The number of carbonyl (C=O) groups is 4. The predicted molar refractivity (Wildman–Crippen MR) is 95.8 cm³/mol. The van der Waals surface area contributed by atoms with Gasteiger partial charge in [-0.2, -0.15) is 0 Å². The third-order valence-corrected chi connectivity index (χ3v) is 3.88. The molecule has 28 heavy (non-hydrogen) atoms. The molecule has 0 saturated heterocycles. The van der Waals surface area contributed by atoms with Gasteiger partial charge in [-0.3, -0.25) is 19.7 Å². The van der Waals surface area contributed by atoms with E-state index in [1.807, 2.05) is 0 Å². The molecule has 1 rings (SSSR count). The summed E-state index contributed by atoms with van der Waals surface area (Å²) < 4.78 is 0. The van der Waals surface area contributed by atoms with Gasteiger partial charge in [-0.15, -0.1) is 0 Å². The molecule has 0 fully saturated rings. The number of carboxylic acids is 2. The second kappa shape index (κ2) is 8.46. The van der Waals surface area contributed by atoms with Gasteiger partial charge in [-0.1, -0.05) is 0 Å². The fourth-order valence-corrected chi connectivity index (χ4v) is 2.69. The standard InChI is InChI=1S/C17H21N3O8/c1-17(2,3)19(12(16(25)26)6-7-13(18)21)14(22)10-5-4-9(20(27)28)8-11(10)15(23)24/h4-5,8,12H,6-7H2,1-3H3,(H2,18,21)(H,23,24)(H,25,26)/t12-/m1/s1. The van der Waals surface area contributed by atoms with Crippen LogP contribution in [0.5, 0.6) is 0 Å². The minimum Gasteiger partial charge on any atom is -0.480 e. The summed E-state index contributed by atoms with van der Waals surface area (Å²) in [5, 5.41) is 29.8. The molecule has 0 aliphatic rings. The Morgan fingerprint density at radius 1 is 1.18 bits per heavy atom. The number of nitro benzene ring substituents is 1. The van der Waals surface area contributed by atoms with Gasteiger partial charge in [0.05, 0.1) is 16.1 Å². The highest BCUT2D eigenvalue weighted by molar-refractivity contribution is 6.06. The van der Waals surface area contributed by atoms with Gasteiger partial charge in [-0.05, 0) is 33.3 Å². The number of non-ortho nitro benzene ring substituents is 1. The first-order valence-electron chi connectivity index (χ1n) is 8.14. The van der Waals surface area contributed by atoms with Crippen LogP contribution < -0.4 is 5.73 Å². The number of nitrogens with zero attached hydrogens (tertiary/aromatic N) is 2. The minimum atomic E-state index is -1.58. The van der Waals surface area contributed by atoms with E-state index in [1.165, 1.54) is 20.8 Å². The van der Waals surface area contributed by atoms with Crippen molar-refractivity contribution < 1.29 is 34.3 Å².